The van der Waals surface area contributed by atoms with Gasteiger partial charge in [-0.2, -0.15) is 0 Å². The van der Waals surface area contributed by atoms with Crippen molar-refractivity contribution in [3.8, 4) is 0 Å². The lowest BCUT2D eigenvalue weighted by atomic mass is 9.87. The minimum Gasteiger partial charge on any atom is -0.0776 e. The van der Waals surface area contributed by atoms with E-state index in [1.165, 1.54) is 60.1 Å². The van der Waals surface area contributed by atoms with Crippen LogP contribution >= 0.6 is 0 Å². The molecule has 0 aromatic heterocycles. The van der Waals surface area contributed by atoms with Gasteiger partial charge in [0.25, 0.3) is 0 Å². The molecule has 0 bridgehead atoms. The molecule has 0 heteroatoms. The lowest BCUT2D eigenvalue weighted by Gasteiger charge is -2.17. The van der Waals surface area contributed by atoms with Gasteiger partial charge in [-0.25, -0.2) is 0 Å². The van der Waals surface area contributed by atoms with Gasteiger partial charge in [-0.1, -0.05) is 96.5 Å². The SMILES string of the molecule is C.CC(C)CCCc1c2ccccc2c(CCCC(C)C)c2ccccc12. The second kappa shape index (κ2) is 9.93. The summed E-state index contributed by atoms with van der Waals surface area (Å²) in [6.45, 7) is 9.31. The molecule has 0 fully saturated rings. The predicted octanol–water partition coefficient (Wildman–Crippen LogP) is 8.59. The van der Waals surface area contributed by atoms with Gasteiger partial charge in [-0.05, 0) is 70.2 Å². The fraction of sp³-hybridized carbons (Fsp3) is 0.481. The van der Waals surface area contributed by atoms with Crippen LogP contribution in [0.3, 0.4) is 0 Å². The number of hydrogen-bond donors (Lipinski definition) is 0. The van der Waals surface area contributed by atoms with Crippen molar-refractivity contribution in [3.05, 3.63) is 59.7 Å². The topological polar surface area (TPSA) is 0 Å². The summed E-state index contributed by atoms with van der Waals surface area (Å²) < 4.78 is 0. The van der Waals surface area contributed by atoms with Crippen molar-refractivity contribution >= 4 is 21.5 Å². The highest BCUT2D eigenvalue weighted by Gasteiger charge is 2.13. The first-order valence-electron chi connectivity index (χ1n) is 10.5. The molecule has 3 rings (SSSR count). The molecule has 3 aromatic carbocycles. The molecule has 0 nitrogen and oxygen atoms in total. The summed E-state index contributed by atoms with van der Waals surface area (Å²) >= 11 is 0. The van der Waals surface area contributed by atoms with Crippen LogP contribution in [0.15, 0.2) is 48.5 Å². The summed E-state index contributed by atoms with van der Waals surface area (Å²) in [5.41, 5.74) is 3.12. The Bertz CT molecular complexity index is 725. The van der Waals surface area contributed by atoms with E-state index >= 15 is 0 Å². The molecular formula is C27H38. The van der Waals surface area contributed by atoms with Gasteiger partial charge in [-0.3, -0.25) is 0 Å². The van der Waals surface area contributed by atoms with E-state index in [1.54, 1.807) is 11.1 Å². The number of hydrogen-bond acceptors (Lipinski definition) is 0. The lowest BCUT2D eigenvalue weighted by molar-refractivity contribution is 0.556. The summed E-state index contributed by atoms with van der Waals surface area (Å²) in [7, 11) is 0. The first-order valence-corrected chi connectivity index (χ1v) is 10.5. The fourth-order valence-corrected chi connectivity index (χ4v) is 4.22. The fourth-order valence-electron chi connectivity index (χ4n) is 4.22. The summed E-state index contributed by atoms with van der Waals surface area (Å²) in [5, 5.41) is 5.92. The zero-order chi connectivity index (χ0) is 18.5. The third-order valence-corrected chi connectivity index (χ3v) is 5.57. The average molecular weight is 363 g/mol. The molecule has 0 radical (unpaired) electrons. The highest BCUT2D eigenvalue weighted by atomic mass is 14.2. The third kappa shape index (κ3) is 5.12. The molecule has 27 heavy (non-hydrogen) atoms. The van der Waals surface area contributed by atoms with Crippen molar-refractivity contribution in [2.45, 2.75) is 73.6 Å². The maximum atomic E-state index is 2.35. The summed E-state index contributed by atoms with van der Waals surface area (Å²) in [6.07, 6.45) is 7.53. The van der Waals surface area contributed by atoms with Gasteiger partial charge in [0.05, 0.1) is 0 Å². The normalized spacial score (nSPS) is 11.5. The smallest absolute Gasteiger partial charge is 0.0143 e. The molecule has 0 aliphatic carbocycles. The van der Waals surface area contributed by atoms with Crippen molar-refractivity contribution in [2.24, 2.45) is 11.8 Å². The van der Waals surface area contributed by atoms with Crippen molar-refractivity contribution in [1.82, 2.24) is 0 Å². The number of fused-ring (bicyclic) bond motifs is 2. The minimum atomic E-state index is 0. The zero-order valence-electron chi connectivity index (χ0n) is 17.0. The Kier molecular flexibility index (Phi) is 7.90. The largest absolute Gasteiger partial charge is 0.0776 e. The highest BCUT2D eigenvalue weighted by molar-refractivity contribution is 6.05. The number of aryl methyl sites for hydroxylation is 2. The van der Waals surface area contributed by atoms with E-state index < -0.39 is 0 Å². The first-order chi connectivity index (χ1) is 12.6. The van der Waals surface area contributed by atoms with E-state index in [0.717, 1.165) is 11.8 Å². The van der Waals surface area contributed by atoms with Crippen LogP contribution < -0.4 is 0 Å². The third-order valence-electron chi connectivity index (χ3n) is 5.57. The standard InChI is InChI=1S/C26H34.CH4/c1-19(2)11-9-17-25-21-13-5-7-15-23(21)26(18-10-12-20(3)4)24-16-8-6-14-22(24)25;/h5-8,13-16,19-20H,9-12,17-18H2,1-4H3;1H4. The molecule has 0 spiro atoms. The van der Waals surface area contributed by atoms with E-state index in [4.69, 9.17) is 0 Å². The Morgan fingerprint density at radius 2 is 0.852 bits per heavy atom. The van der Waals surface area contributed by atoms with E-state index in [1.807, 2.05) is 0 Å². The number of benzene rings is 3. The van der Waals surface area contributed by atoms with Gasteiger partial charge < -0.3 is 0 Å². The summed E-state index contributed by atoms with van der Waals surface area (Å²) in [6, 6.07) is 18.2. The molecule has 0 amide bonds. The average Bonchev–Trinajstić information content (AvgIpc) is 2.62. The Hall–Kier alpha value is -1.82. The molecule has 0 N–H and O–H groups in total. The minimum absolute atomic E-state index is 0. The van der Waals surface area contributed by atoms with Crippen LogP contribution in [-0.2, 0) is 12.8 Å². The van der Waals surface area contributed by atoms with Crippen molar-refractivity contribution in [2.75, 3.05) is 0 Å². The maximum absolute atomic E-state index is 2.35. The van der Waals surface area contributed by atoms with Gasteiger partial charge >= 0.3 is 0 Å². The molecule has 0 atom stereocenters. The number of rotatable bonds is 8. The van der Waals surface area contributed by atoms with Crippen molar-refractivity contribution in [3.63, 3.8) is 0 Å². The molecule has 0 saturated heterocycles. The quantitative estimate of drug-likeness (QED) is 0.352. The molecule has 3 aromatic rings. The summed E-state index contributed by atoms with van der Waals surface area (Å²) in [4.78, 5) is 0. The van der Waals surface area contributed by atoms with E-state index in [9.17, 15) is 0 Å². The van der Waals surface area contributed by atoms with E-state index in [2.05, 4.69) is 76.2 Å². The van der Waals surface area contributed by atoms with Gasteiger partial charge in [0.1, 0.15) is 0 Å². The van der Waals surface area contributed by atoms with Crippen LogP contribution in [0.5, 0.6) is 0 Å². The molecule has 0 unspecified atom stereocenters. The summed E-state index contributed by atoms with van der Waals surface area (Å²) in [5.74, 6) is 1.56. The van der Waals surface area contributed by atoms with Crippen LogP contribution in [-0.4, -0.2) is 0 Å². The monoisotopic (exact) mass is 362 g/mol. The first kappa shape index (κ1) is 21.5. The Morgan fingerprint density at radius 3 is 1.11 bits per heavy atom. The maximum Gasteiger partial charge on any atom is -0.0143 e. The van der Waals surface area contributed by atoms with Crippen LogP contribution in [0.1, 0.15) is 71.9 Å². The van der Waals surface area contributed by atoms with Gasteiger partial charge in [0.15, 0.2) is 0 Å². The Labute approximate surface area is 167 Å². The Balaban J connectivity index is 0.00000261. The molecule has 146 valence electrons. The van der Waals surface area contributed by atoms with E-state index in [0.29, 0.717) is 0 Å². The molecule has 0 aliphatic rings. The van der Waals surface area contributed by atoms with Gasteiger partial charge in [0, 0.05) is 0 Å². The van der Waals surface area contributed by atoms with Crippen LogP contribution in [0, 0.1) is 11.8 Å². The zero-order valence-corrected chi connectivity index (χ0v) is 17.0. The van der Waals surface area contributed by atoms with E-state index in [-0.39, 0.29) is 7.43 Å². The lowest BCUT2D eigenvalue weighted by Crippen LogP contribution is -1.99. The van der Waals surface area contributed by atoms with Crippen molar-refractivity contribution in [1.29, 1.82) is 0 Å². The Morgan fingerprint density at radius 1 is 0.556 bits per heavy atom. The molecule has 0 aliphatic heterocycles. The molecule has 0 saturated carbocycles. The van der Waals surface area contributed by atoms with Crippen LogP contribution in [0.25, 0.3) is 21.5 Å². The van der Waals surface area contributed by atoms with Gasteiger partial charge in [-0.15, -0.1) is 0 Å². The second-order valence-corrected chi connectivity index (χ2v) is 8.62. The molecule has 0 heterocycles. The van der Waals surface area contributed by atoms with Crippen LogP contribution in [0.2, 0.25) is 0 Å². The van der Waals surface area contributed by atoms with Crippen LogP contribution in [0.4, 0.5) is 0 Å². The second-order valence-electron chi connectivity index (χ2n) is 8.62. The molecular weight excluding hydrogens is 324 g/mol. The predicted molar refractivity (Wildman–Crippen MR) is 124 cm³/mol. The van der Waals surface area contributed by atoms with Gasteiger partial charge in [0.2, 0.25) is 0 Å². The van der Waals surface area contributed by atoms with Crippen molar-refractivity contribution < 1.29 is 0 Å². The highest BCUT2D eigenvalue weighted by Crippen LogP contribution is 2.35.